The number of likely N-dealkylation sites (tertiary alicyclic amines) is 1. The lowest BCUT2D eigenvalue weighted by atomic mass is 9.96. The number of hydrogen-bond acceptors (Lipinski definition) is 3. The van der Waals surface area contributed by atoms with Crippen molar-refractivity contribution in [1.82, 2.24) is 10.2 Å². The number of amides is 2. The van der Waals surface area contributed by atoms with Crippen LogP contribution in [0.4, 0.5) is 0 Å². The number of rotatable bonds is 4. The van der Waals surface area contributed by atoms with E-state index >= 15 is 0 Å². The van der Waals surface area contributed by atoms with E-state index in [2.05, 4.69) is 5.32 Å². The fourth-order valence-corrected chi connectivity index (χ4v) is 2.88. The Morgan fingerprint density at radius 3 is 2.95 bits per heavy atom. The minimum Gasteiger partial charge on any atom is -0.355 e. The lowest BCUT2D eigenvalue weighted by Gasteiger charge is -2.32. The molecule has 0 spiro atoms. The van der Waals surface area contributed by atoms with E-state index < -0.39 is 0 Å². The minimum absolute atomic E-state index is 0.0224. The quantitative estimate of drug-likeness (QED) is 0.883. The predicted octanol–water partition coefficient (Wildman–Crippen LogP) is 1.58. The van der Waals surface area contributed by atoms with Gasteiger partial charge in [-0.3, -0.25) is 9.59 Å². The normalized spacial score (nSPS) is 18.1. The Balaban J connectivity index is 2.07. The Morgan fingerprint density at radius 2 is 2.23 bits per heavy atom. The maximum Gasteiger partial charge on any atom is 0.254 e. The number of halogens is 1. The van der Waals surface area contributed by atoms with Gasteiger partial charge in [-0.15, -0.1) is 0 Å². The average Bonchev–Trinajstić information content (AvgIpc) is 2.54. The number of carbonyl (C=O) groups excluding carboxylic acids is 2. The Bertz CT molecular complexity index is 562. The molecule has 22 heavy (non-hydrogen) atoms. The number of carbonyl (C=O) groups is 2. The molecule has 120 valence electrons. The topological polar surface area (TPSA) is 75.4 Å². The van der Waals surface area contributed by atoms with Crippen molar-refractivity contribution in [3.05, 3.63) is 34.3 Å². The maximum absolute atomic E-state index is 12.7. The molecule has 0 radical (unpaired) electrons. The third-order valence-electron chi connectivity index (χ3n) is 3.95. The van der Waals surface area contributed by atoms with Crippen molar-refractivity contribution >= 4 is 23.4 Å². The lowest BCUT2D eigenvalue weighted by Crippen LogP contribution is -2.46. The van der Waals surface area contributed by atoms with Crippen molar-refractivity contribution in [2.24, 2.45) is 11.7 Å². The largest absolute Gasteiger partial charge is 0.355 e. The highest BCUT2D eigenvalue weighted by Crippen LogP contribution is 2.22. The van der Waals surface area contributed by atoms with Gasteiger partial charge in [-0.05, 0) is 37.5 Å². The molecule has 0 bridgehead atoms. The van der Waals surface area contributed by atoms with Crippen LogP contribution in [0.1, 0.15) is 28.8 Å². The van der Waals surface area contributed by atoms with Gasteiger partial charge in [0.05, 0.1) is 5.92 Å². The Morgan fingerprint density at radius 1 is 1.45 bits per heavy atom. The van der Waals surface area contributed by atoms with Crippen LogP contribution in [0.5, 0.6) is 0 Å². The van der Waals surface area contributed by atoms with Crippen molar-refractivity contribution < 1.29 is 9.59 Å². The molecule has 2 amide bonds. The SMILES string of the molecule is Cc1ccc(Cl)cc1C(=O)N1CCCC(C(=O)NCCN)C1. The number of hydrogen-bond donors (Lipinski definition) is 2. The number of piperidine rings is 1. The maximum atomic E-state index is 12.7. The molecule has 2 rings (SSSR count). The molecule has 0 aromatic heterocycles. The van der Waals surface area contributed by atoms with Crippen molar-refractivity contribution in [1.29, 1.82) is 0 Å². The van der Waals surface area contributed by atoms with Gasteiger partial charge in [0.2, 0.25) is 5.91 Å². The molecule has 3 N–H and O–H groups in total. The van der Waals surface area contributed by atoms with E-state index in [-0.39, 0.29) is 17.7 Å². The second-order valence-corrected chi connectivity index (χ2v) is 6.07. The number of benzene rings is 1. The summed E-state index contributed by atoms with van der Waals surface area (Å²) in [7, 11) is 0. The van der Waals surface area contributed by atoms with Gasteiger partial charge in [-0.25, -0.2) is 0 Å². The summed E-state index contributed by atoms with van der Waals surface area (Å²) in [5.41, 5.74) is 6.90. The Kier molecular flexibility index (Phi) is 5.80. The van der Waals surface area contributed by atoms with Crippen molar-refractivity contribution in [2.45, 2.75) is 19.8 Å². The smallest absolute Gasteiger partial charge is 0.254 e. The lowest BCUT2D eigenvalue weighted by molar-refractivity contribution is -0.126. The molecule has 1 aliphatic heterocycles. The molecule has 1 aromatic rings. The van der Waals surface area contributed by atoms with Crippen LogP contribution in [-0.2, 0) is 4.79 Å². The number of nitrogens with one attached hydrogen (secondary N) is 1. The molecule has 1 atom stereocenters. The molecule has 1 fully saturated rings. The number of nitrogens with zero attached hydrogens (tertiary/aromatic N) is 1. The second kappa shape index (κ2) is 7.61. The summed E-state index contributed by atoms with van der Waals surface area (Å²) in [4.78, 5) is 26.5. The second-order valence-electron chi connectivity index (χ2n) is 5.63. The van der Waals surface area contributed by atoms with Crippen LogP contribution in [0, 0.1) is 12.8 Å². The van der Waals surface area contributed by atoms with Crippen LogP contribution >= 0.6 is 11.6 Å². The third kappa shape index (κ3) is 3.99. The minimum atomic E-state index is -0.163. The zero-order valence-electron chi connectivity index (χ0n) is 12.8. The summed E-state index contributed by atoms with van der Waals surface area (Å²) in [6.45, 7) is 3.89. The van der Waals surface area contributed by atoms with Gasteiger partial charge in [-0.1, -0.05) is 17.7 Å². The highest BCUT2D eigenvalue weighted by atomic mass is 35.5. The molecule has 5 nitrogen and oxygen atoms in total. The number of nitrogens with two attached hydrogens (primary N) is 1. The fraction of sp³-hybridized carbons (Fsp3) is 0.500. The first-order chi connectivity index (χ1) is 10.5. The first-order valence-corrected chi connectivity index (χ1v) is 7.94. The number of aryl methyl sites for hydroxylation is 1. The molecule has 0 saturated carbocycles. The molecule has 1 saturated heterocycles. The Hall–Kier alpha value is -1.59. The van der Waals surface area contributed by atoms with Gasteiger partial charge < -0.3 is 16.0 Å². The van der Waals surface area contributed by atoms with Crippen molar-refractivity contribution in [3.63, 3.8) is 0 Å². The average molecular weight is 324 g/mol. The van der Waals surface area contributed by atoms with Crippen LogP contribution < -0.4 is 11.1 Å². The van der Waals surface area contributed by atoms with Gasteiger partial charge in [0.1, 0.15) is 0 Å². The van der Waals surface area contributed by atoms with E-state index in [1.165, 1.54) is 0 Å². The van der Waals surface area contributed by atoms with E-state index in [1.54, 1.807) is 17.0 Å². The van der Waals surface area contributed by atoms with Crippen LogP contribution in [0.15, 0.2) is 18.2 Å². The summed E-state index contributed by atoms with van der Waals surface area (Å²) in [6, 6.07) is 5.30. The van der Waals surface area contributed by atoms with Gasteiger partial charge in [-0.2, -0.15) is 0 Å². The molecular weight excluding hydrogens is 302 g/mol. The predicted molar refractivity (Wildman–Crippen MR) is 86.9 cm³/mol. The van der Waals surface area contributed by atoms with Crippen LogP contribution in [0.3, 0.4) is 0 Å². The first-order valence-electron chi connectivity index (χ1n) is 7.56. The van der Waals surface area contributed by atoms with E-state index in [9.17, 15) is 9.59 Å². The van der Waals surface area contributed by atoms with Crippen LogP contribution in [-0.4, -0.2) is 42.9 Å². The van der Waals surface area contributed by atoms with Crippen LogP contribution in [0.25, 0.3) is 0 Å². The van der Waals surface area contributed by atoms with E-state index in [0.717, 1.165) is 18.4 Å². The highest BCUT2D eigenvalue weighted by Gasteiger charge is 2.29. The molecule has 1 unspecified atom stereocenters. The van der Waals surface area contributed by atoms with Crippen LogP contribution in [0.2, 0.25) is 5.02 Å². The molecule has 1 heterocycles. The van der Waals surface area contributed by atoms with Gasteiger partial charge in [0.15, 0.2) is 0 Å². The van der Waals surface area contributed by atoms with Gasteiger partial charge in [0, 0.05) is 36.8 Å². The van der Waals surface area contributed by atoms with Crippen molar-refractivity contribution in [2.75, 3.05) is 26.2 Å². The molecular formula is C16H22ClN3O2. The zero-order valence-corrected chi connectivity index (χ0v) is 13.5. The Labute approximate surface area is 135 Å². The summed E-state index contributed by atoms with van der Waals surface area (Å²) in [6.07, 6.45) is 1.63. The summed E-state index contributed by atoms with van der Waals surface area (Å²) in [5.74, 6) is -0.245. The molecule has 6 heteroatoms. The first kappa shape index (κ1) is 16.8. The molecule has 1 aliphatic rings. The monoisotopic (exact) mass is 323 g/mol. The van der Waals surface area contributed by atoms with Gasteiger partial charge in [0.25, 0.3) is 5.91 Å². The zero-order chi connectivity index (χ0) is 16.1. The standard InChI is InChI=1S/C16H22ClN3O2/c1-11-4-5-13(17)9-14(11)16(22)20-8-2-3-12(10-20)15(21)19-7-6-18/h4-5,9,12H,2-3,6-8,10,18H2,1H3,(H,19,21). The molecule has 1 aromatic carbocycles. The summed E-state index contributed by atoms with van der Waals surface area (Å²) < 4.78 is 0. The highest BCUT2D eigenvalue weighted by molar-refractivity contribution is 6.31. The van der Waals surface area contributed by atoms with Gasteiger partial charge >= 0.3 is 0 Å². The third-order valence-corrected chi connectivity index (χ3v) is 4.19. The fourth-order valence-electron chi connectivity index (χ4n) is 2.71. The summed E-state index contributed by atoms with van der Waals surface area (Å²) in [5, 5.41) is 3.34. The van der Waals surface area contributed by atoms with E-state index in [0.29, 0.717) is 36.8 Å². The summed E-state index contributed by atoms with van der Waals surface area (Å²) >= 11 is 5.99. The van der Waals surface area contributed by atoms with E-state index in [4.69, 9.17) is 17.3 Å². The van der Waals surface area contributed by atoms with Crippen molar-refractivity contribution in [3.8, 4) is 0 Å². The molecule has 0 aliphatic carbocycles. The van der Waals surface area contributed by atoms with E-state index in [1.807, 2.05) is 13.0 Å².